The molecule has 0 amide bonds. The molecule has 94 valence electrons. The van der Waals surface area contributed by atoms with Crippen LogP contribution in [0.1, 0.15) is 29.9 Å². The van der Waals surface area contributed by atoms with Gasteiger partial charge in [0, 0.05) is 18.7 Å². The Balaban J connectivity index is 1.86. The van der Waals surface area contributed by atoms with Crippen molar-refractivity contribution in [3.8, 4) is 0 Å². The number of hydrogen-bond donors (Lipinski definition) is 1. The van der Waals surface area contributed by atoms with E-state index in [1.165, 1.54) is 30.4 Å². The Kier molecular flexibility index (Phi) is 3.00. The predicted octanol–water partition coefficient (Wildman–Crippen LogP) is 3.24. The number of nitrogen functional groups attached to an aromatic ring is 1. The van der Waals surface area contributed by atoms with Gasteiger partial charge < -0.3 is 5.73 Å². The average molecular weight is 262 g/mol. The second-order valence-corrected chi connectivity index (χ2v) is 5.28. The number of fused-ring (bicyclic) bond motifs is 1. The van der Waals surface area contributed by atoms with Crippen LogP contribution in [-0.2, 0) is 13.0 Å². The summed E-state index contributed by atoms with van der Waals surface area (Å²) in [4.78, 5) is 0. The van der Waals surface area contributed by atoms with E-state index >= 15 is 0 Å². The van der Waals surface area contributed by atoms with Gasteiger partial charge in [-0.2, -0.15) is 5.10 Å². The van der Waals surface area contributed by atoms with Crippen molar-refractivity contribution in [2.24, 2.45) is 0 Å². The highest BCUT2D eigenvalue weighted by Gasteiger charge is 2.20. The largest absolute Gasteiger partial charge is 0.381 e. The summed E-state index contributed by atoms with van der Waals surface area (Å²) in [6.07, 6.45) is 5.45. The molecule has 18 heavy (non-hydrogen) atoms. The number of hydrogen-bond acceptors (Lipinski definition) is 2. The molecule has 2 aromatic rings. The zero-order valence-corrected chi connectivity index (χ0v) is 10.9. The van der Waals surface area contributed by atoms with E-state index in [1.807, 2.05) is 10.9 Å². The lowest BCUT2D eigenvalue weighted by atomic mass is 9.83. The fourth-order valence-electron chi connectivity index (χ4n) is 2.78. The molecule has 1 heterocycles. The molecule has 0 saturated carbocycles. The lowest BCUT2D eigenvalue weighted by Crippen LogP contribution is -2.16. The minimum atomic E-state index is 0.417. The summed E-state index contributed by atoms with van der Waals surface area (Å²) in [6.45, 7) is 0.855. The van der Waals surface area contributed by atoms with E-state index in [0.29, 0.717) is 16.8 Å². The number of anilines is 1. The minimum absolute atomic E-state index is 0.417. The lowest BCUT2D eigenvalue weighted by molar-refractivity contribution is 0.458. The second kappa shape index (κ2) is 4.65. The maximum absolute atomic E-state index is 5.94. The number of nitrogens with two attached hydrogens (primary N) is 1. The predicted molar refractivity (Wildman–Crippen MR) is 73.8 cm³/mol. The smallest absolute Gasteiger partial charge is 0.164 e. The van der Waals surface area contributed by atoms with E-state index in [2.05, 4.69) is 29.4 Å². The number of rotatable bonds is 2. The highest BCUT2D eigenvalue weighted by Crippen LogP contribution is 2.32. The molecular weight excluding hydrogens is 246 g/mol. The first-order chi connectivity index (χ1) is 8.74. The molecule has 2 N–H and O–H groups in total. The lowest BCUT2D eigenvalue weighted by Gasteiger charge is -2.25. The standard InChI is InChI=1S/C14H16ClN3/c15-13-9-18(17-14(13)16)8-11-6-3-5-10-4-1-2-7-12(10)11/h1-2,4,7,9,11H,3,5-6,8H2,(H2,16,17). The molecular formula is C14H16ClN3. The van der Waals surface area contributed by atoms with Gasteiger partial charge in [-0.05, 0) is 30.4 Å². The van der Waals surface area contributed by atoms with Gasteiger partial charge in [0.2, 0.25) is 0 Å². The third-order valence-electron chi connectivity index (χ3n) is 3.64. The Hall–Kier alpha value is -1.48. The van der Waals surface area contributed by atoms with Crippen LogP contribution in [0.25, 0.3) is 0 Å². The minimum Gasteiger partial charge on any atom is -0.381 e. The molecule has 4 heteroatoms. The van der Waals surface area contributed by atoms with Crippen LogP contribution in [0.4, 0.5) is 5.82 Å². The summed E-state index contributed by atoms with van der Waals surface area (Å²) in [7, 11) is 0. The quantitative estimate of drug-likeness (QED) is 0.902. The van der Waals surface area contributed by atoms with Crippen molar-refractivity contribution in [1.29, 1.82) is 0 Å². The van der Waals surface area contributed by atoms with Crippen molar-refractivity contribution in [3.63, 3.8) is 0 Å². The molecule has 1 aliphatic rings. The van der Waals surface area contributed by atoms with Crippen LogP contribution in [0.3, 0.4) is 0 Å². The van der Waals surface area contributed by atoms with Gasteiger partial charge in [0.1, 0.15) is 5.02 Å². The Morgan fingerprint density at radius 2 is 2.22 bits per heavy atom. The van der Waals surface area contributed by atoms with Crippen LogP contribution in [0.5, 0.6) is 0 Å². The number of aromatic nitrogens is 2. The maximum Gasteiger partial charge on any atom is 0.164 e. The highest BCUT2D eigenvalue weighted by atomic mass is 35.5. The van der Waals surface area contributed by atoms with Gasteiger partial charge in [0.05, 0.1) is 0 Å². The second-order valence-electron chi connectivity index (χ2n) is 4.87. The molecule has 3 nitrogen and oxygen atoms in total. The topological polar surface area (TPSA) is 43.8 Å². The first kappa shape index (κ1) is 11.6. The Labute approximate surface area is 112 Å². The molecule has 1 aliphatic carbocycles. The van der Waals surface area contributed by atoms with Crippen LogP contribution in [0, 0.1) is 0 Å². The monoisotopic (exact) mass is 261 g/mol. The zero-order valence-electron chi connectivity index (χ0n) is 10.1. The van der Waals surface area contributed by atoms with E-state index < -0.39 is 0 Å². The zero-order chi connectivity index (χ0) is 12.5. The van der Waals surface area contributed by atoms with E-state index in [9.17, 15) is 0 Å². The molecule has 1 aromatic carbocycles. The van der Waals surface area contributed by atoms with E-state index in [-0.39, 0.29) is 0 Å². The number of halogens is 1. The van der Waals surface area contributed by atoms with Gasteiger partial charge in [0.25, 0.3) is 0 Å². The molecule has 0 radical (unpaired) electrons. The first-order valence-corrected chi connectivity index (χ1v) is 6.68. The van der Waals surface area contributed by atoms with Crippen molar-refractivity contribution in [3.05, 3.63) is 46.6 Å². The summed E-state index contributed by atoms with van der Waals surface area (Å²) in [5.74, 6) is 0.936. The molecule has 0 bridgehead atoms. The van der Waals surface area contributed by atoms with E-state index in [1.54, 1.807) is 0 Å². The average Bonchev–Trinajstić information content (AvgIpc) is 2.69. The Morgan fingerprint density at radius 3 is 3.00 bits per heavy atom. The Morgan fingerprint density at radius 1 is 1.39 bits per heavy atom. The van der Waals surface area contributed by atoms with E-state index in [0.717, 1.165) is 6.54 Å². The summed E-state index contributed by atoms with van der Waals surface area (Å²) in [6, 6.07) is 8.69. The van der Waals surface area contributed by atoms with Crippen molar-refractivity contribution in [1.82, 2.24) is 9.78 Å². The van der Waals surface area contributed by atoms with E-state index in [4.69, 9.17) is 17.3 Å². The molecule has 0 spiro atoms. The molecule has 1 aromatic heterocycles. The van der Waals surface area contributed by atoms with Crippen molar-refractivity contribution in [2.45, 2.75) is 31.7 Å². The SMILES string of the molecule is Nc1nn(CC2CCCc3ccccc32)cc1Cl. The van der Waals surface area contributed by atoms with Crippen LogP contribution in [0.2, 0.25) is 5.02 Å². The summed E-state index contributed by atoms with van der Waals surface area (Å²) in [5, 5.41) is 4.78. The van der Waals surface area contributed by atoms with Gasteiger partial charge in [-0.15, -0.1) is 0 Å². The van der Waals surface area contributed by atoms with Gasteiger partial charge in [-0.25, -0.2) is 0 Å². The van der Waals surface area contributed by atoms with Gasteiger partial charge >= 0.3 is 0 Å². The molecule has 0 fully saturated rings. The van der Waals surface area contributed by atoms with Crippen molar-refractivity contribution in [2.75, 3.05) is 5.73 Å². The van der Waals surface area contributed by atoms with Crippen LogP contribution in [0.15, 0.2) is 30.5 Å². The molecule has 3 rings (SSSR count). The van der Waals surface area contributed by atoms with Gasteiger partial charge in [-0.1, -0.05) is 35.9 Å². The summed E-state index contributed by atoms with van der Waals surface area (Å²) >= 11 is 5.94. The van der Waals surface area contributed by atoms with Crippen molar-refractivity contribution < 1.29 is 0 Å². The number of aryl methyl sites for hydroxylation is 1. The van der Waals surface area contributed by atoms with Gasteiger partial charge in [0.15, 0.2) is 5.82 Å². The number of nitrogens with zero attached hydrogens (tertiary/aromatic N) is 2. The summed E-state index contributed by atoms with van der Waals surface area (Å²) in [5.41, 5.74) is 8.60. The van der Waals surface area contributed by atoms with Crippen LogP contribution in [-0.4, -0.2) is 9.78 Å². The number of benzene rings is 1. The fraction of sp³-hybridized carbons (Fsp3) is 0.357. The first-order valence-electron chi connectivity index (χ1n) is 6.30. The third-order valence-corrected chi connectivity index (χ3v) is 3.94. The third kappa shape index (κ3) is 2.10. The van der Waals surface area contributed by atoms with Crippen molar-refractivity contribution >= 4 is 17.4 Å². The molecule has 1 unspecified atom stereocenters. The molecule has 1 atom stereocenters. The molecule has 0 saturated heterocycles. The Bertz CT molecular complexity index is 542. The molecule has 0 aliphatic heterocycles. The van der Waals surface area contributed by atoms with Crippen LogP contribution >= 0.6 is 11.6 Å². The van der Waals surface area contributed by atoms with Gasteiger partial charge in [-0.3, -0.25) is 4.68 Å². The normalized spacial score (nSPS) is 18.6. The fourth-order valence-corrected chi connectivity index (χ4v) is 2.93. The summed E-state index contributed by atoms with van der Waals surface area (Å²) < 4.78 is 1.87. The van der Waals surface area contributed by atoms with Crippen LogP contribution < -0.4 is 5.73 Å². The maximum atomic E-state index is 5.94. The highest BCUT2D eigenvalue weighted by molar-refractivity contribution is 6.32.